The molecular weight excluding hydrogens is 352 g/mol. The Morgan fingerprint density at radius 2 is 1.78 bits per heavy atom. The number of benzene rings is 2. The molecule has 0 aliphatic heterocycles. The molecule has 4 aromatic rings. The fourth-order valence-electron chi connectivity index (χ4n) is 2.98. The lowest BCUT2D eigenvalue weighted by Gasteiger charge is -2.12. The summed E-state index contributed by atoms with van der Waals surface area (Å²) in [5, 5.41) is 9.97. The van der Waals surface area contributed by atoms with Crippen LogP contribution in [0.5, 0.6) is 0 Å². The van der Waals surface area contributed by atoms with E-state index >= 15 is 0 Å². The summed E-state index contributed by atoms with van der Waals surface area (Å²) in [5.41, 5.74) is 3.24. The van der Waals surface area contributed by atoms with Crippen molar-refractivity contribution in [2.75, 3.05) is 17.2 Å². The molecule has 4 nitrogen and oxygen atoms in total. The number of nitrogens with one attached hydrogen (secondary N) is 2. The van der Waals surface area contributed by atoms with Gasteiger partial charge >= 0.3 is 0 Å². The second-order valence-corrected chi connectivity index (χ2v) is 7.38. The number of hydrogen-bond donors (Lipinski definition) is 2. The van der Waals surface area contributed by atoms with Gasteiger partial charge in [0, 0.05) is 22.5 Å². The second-order valence-electron chi connectivity index (χ2n) is 6.34. The van der Waals surface area contributed by atoms with Crippen LogP contribution in [0.15, 0.2) is 66.0 Å². The lowest BCUT2D eigenvalue weighted by molar-refractivity contribution is 1.03. The Morgan fingerprint density at radius 3 is 2.56 bits per heavy atom. The largest absolute Gasteiger partial charge is 0.369 e. The van der Waals surface area contributed by atoms with Gasteiger partial charge in [0.1, 0.15) is 5.82 Å². The van der Waals surface area contributed by atoms with Crippen LogP contribution in [0.25, 0.3) is 10.9 Å². The zero-order chi connectivity index (χ0) is 18.5. The maximum absolute atomic E-state index is 4.73. The van der Waals surface area contributed by atoms with E-state index in [2.05, 4.69) is 70.4 Å². The van der Waals surface area contributed by atoms with Crippen LogP contribution in [0.4, 0.5) is 17.5 Å². The normalized spacial score (nSPS) is 10.9. The molecule has 2 aromatic heterocycles. The fourth-order valence-corrected chi connectivity index (χ4v) is 3.69. The Bertz CT molecular complexity index is 1010. The second kappa shape index (κ2) is 8.18. The topological polar surface area (TPSA) is 49.8 Å². The van der Waals surface area contributed by atoms with Gasteiger partial charge in [0.25, 0.3) is 0 Å². The molecule has 0 bridgehead atoms. The lowest BCUT2D eigenvalue weighted by Crippen LogP contribution is -2.08. The van der Waals surface area contributed by atoms with Crippen molar-refractivity contribution in [3.63, 3.8) is 0 Å². The summed E-state index contributed by atoms with van der Waals surface area (Å²) in [6.45, 7) is 3.00. The first-order valence-electron chi connectivity index (χ1n) is 9.21. The molecule has 2 aromatic carbocycles. The smallest absolute Gasteiger partial charge is 0.229 e. The van der Waals surface area contributed by atoms with E-state index in [-0.39, 0.29) is 0 Å². The maximum Gasteiger partial charge on any atom is 0.229 e. The molecule has 0 amide bonds. The van der Waals surface area contributed by atoms with Gasteiger partial charge < -0.3 is 10.6 Å². The predicted molar refractivity (Wildman–Crippen MR) is 115 cm³/mol. The third-order valence-electron chi connectivity index (χ3n) is 4.47. The van der Waals surface area contributed by atoms with Gasteiger partial charge in [-0.15, -0.1) is 11.3 Å². The molecule has 0 unspecified atom stereocenters. The zero-order valence-corrected chi connectivity index (χ0v) is 16.1. The number of para-hydroxylation sites is 1. The molecule has 2 heterocycles. The number of hydrogen-bond acceptors (Lipinski definition) is 5. The van der Waals surface area contributed by atoms with Crippen molar-refractivity contribution in [2.24, 2.45) is 0 Å². The molecule has 0 saturated heterocycles. The molecule has 0 aliphatic carbocycles. The Morgan fingerprint density at radius 1 is 0.926 bits per heavy atom. The molecule has 27 heavy (non-hydrogen) atoms. The predicted octanol–water partition coefficient (Wildman–Crippen LogP) is 5.65. The van der Waals surface area contributed by atoms with Gasteiger partial charge in [0.05, 0.1) is 5.52 Å². The molecule has 2 N–H and O–H groups in total. The monoisotopic (exact) mass is 374 g/mol. The lowest BCUT2D eigenvalue weighted by atomic mass is 10.1. The maximum atomic E-state index is 4.73. The van der Waals surface area contributed by atoms with Crippen LogP contribution in [0.2, 0.25) is 0 Å². The minimum absolute atomic E-state index is 0.608. The summed E-state index contributed by atoms with van der Waals surface area (Å²) >= 11 is 1.78. The van der Waals surface area contributed by atoms with E-state index < -0.39 is 0 Å². The highest BCUT2D eigenvalue weighted by Crippen LogP contribution is 2.24. The molecule has 0 saturated carbocycles. The molecule has 0 fully saturated rings. The summed E-state index contributed by atoms with van der Waals surface area (Å²) in [7, 11) is 0. The molecule has 0 radical (unpaired) electrons. The molecule has 5 heteroatoms. The van der Waals surface area contributed by atoms with Gasteiger partial charge in [0.15, 0.2) is 0 Å². The van der Waals surface area contributed by atoms with Crippen molar-refractivity contribution < 1.29 is 0 Å². The van der Waals surface area contributed by atoms with Gasteiger partial charge in [-0.2, -0.15) is 4.98 Å². The SMILES string of the molecule is CCc1ccc(Nc2nc(NCCc3cccs3)c3ccccc3n2)cc1. The Labute approximate surface area is 163 Å². The van der Waals surface area contributed by atoms with Crippen molar-refractivity contribution in [1.29, 1.82) is 0 Å². The standard InChI is InChI=1S/C22H22N4S/c1-2-16-9-11-17(12-10-16)24-22-25-20-8-4-3-7-19(20)21(26-22)23-14-13-18-6-5-15-27-18/h3-12,15H,2,13-14H2,1H3,(H2,23,24,25,26). The van der Waals surface area contributed by atoms with Crippen LogP contribution in [0.3, 0.4) is 0 Å². The van der Waals surface area contributed by atoms with Crippen LogP contribution in [0.1, 0.15) is 17.4 Å². The number of anilines is 3. The van der Waals surface area contributed by atoms with Gasteiger partial charge in [-0.3, -0.25) is 0 Å². The number of aryl methyl sites for hydroxylation is 1. The van der Waals surface area contributed by atoms with Crippen LogP contribution in [0, 0.1) is 0 Å². The minimum atomic E-state index is 0.608. The van der Waals surface area contributed by atoms with Crippen LogP contribution in [-0.2, 0) is 12.8 Å². The summed E-state index contributed by atoms with van der Waals surface area (Å²) in [4.78, 5) is 10.8. The highest BCUT2D eigenvalue weighted by atomic mass is 32.1. The van der Waals surface area contributed by atoms with Gasteiger partial charge in [0.2, 0.25) is 5.95 Å². The average Bonchev–Trinajstić information content (AvgIpc) is 3.22. The van der Waals surface area contributed by atoms with E-state index in [9.17, 15) is 0 Å². The summed E-state index contributed by atoms with van der Waals surface area (Å²) in [6.07, 6.45) is 2.02. The Hall–Kier alpha value is -2.92. The van der Waals surface area contributed by atoms with Crippen molar-refractivity contribution in [2.45, 2.75) is 19.8 Å². The van der Waals surface area contributed by atoms with Crippen LogP contribution < -0.4 is 10.6 Å². The van der Waals surface area contributed by atoms with E-state index in [4.69, 9.17) is 4.98 Å². The van der Waals surface area contributed by atoms with Crippen molar-refractivity contribution in [3.8, 4) is 0 Å². The van der Waals surface area contributed by atoms with Crippen molar-refractivity contribution in [1.82, 2.24) is 9.97 Å². The van der Waals surface area contributed by atoms with Crippen molar-refractivity contribution >= 4 is 39.7 Å². The van der Waals surface area contributed by atoms with Gasteiger partial charge in [-0.1, -0.05) is 37.3 Å². The van der Waals surface area contributed by atoms with E-state index in [0.29, 0.717) is 5.95 Å². The first kappa shape index (κ1) is 17.5. The number of fused-ring (bicyclic) bond motifs is 1. The average molecular weight is 375 g/mol. The van der Waals surface area contributed by atoms with E-state index in [1.807, 2.05) is 18.2 Å². The molecule has 4 rings (SSSR count). The highest BCUT2D eigenvalue weighted by Gasteiger charge is 2.08. The molecule has 0 aliphatic rings. The quantitative estimate of drug-likeness (QED) is 0.439. The van der Waals surface area contributed by atoms with E-state index in [1.54, 1.807) is 11.3 Å². The summed E-state index contributed by atoms with van der Waals surface area (Å²) in [6, 6.07) is 20.8. The number of rotatable bonds is 7. The zero-order valence-electron chi connectivity index (χ0n) is 15.3. The molecule has 136 valence electrons. The number of thiophene rings is 1. The van der Waals surface area contributed by atoms with Gasteiger partial charge in [-0.05, 0) is 54.1 Å². The summed E-state index contributed by atoms with van der Waals surface area (Å²) < 4.78 is 0. The molecule has 0 atom stereocenters. The first-order chi connectivity index (χ1) is 13.3. The molecule has 0 spiro atoms. The van der Waals surface area contributed by atoms with E-state index in [0.717, 1.165) is 41.8 Å². The third-order valence-corrected chi connectivity index (χ3v) is 5.40. The van der Waals surface area contributed by atoms with E-state index in [1.165, 1.54) is 10.4 Å². The number of nitrogens with zero attached hydrogens (tertiary/aromatic N) is 2. The Kier molecular flexibility index (Phi) is 5.30. The summed E-state index contributed by atoms with van der Waals surface area (Å²) in [5.74, 6) is 1.47. The van der Waals surface area contributed by atoms with Crippen molar-refractivity contribution in [3.05, 3.63) is 76.5 Å². The minimum Gasteiger partial charge on any atom is -0.369 e. The van der Waals surface area contributed by atoms with Crippen LogP contribution >= 0.6 is 11.3 Å². The molecular formula is C22H22N4S. The van der Waals surface area contributed by atoms with Gasteiger partial charge in [-0.25, -0.2) is 4.98 Å². The Balaban J connectivity index is 1.57. The number of aromatic nitrogens is 2. The third kappa shape index (κ3) is 4.26. The first-order valence-corrected chi connectivity index (χ1v) is 10.1. The highest BCUT2D eigenvalue weighted by molar-refractivity contribution is 7.09. The fraction of sp³-hybridized carbons (Fsp3) is 0.182. The van der Waals surface area contributed by atoms with Crippen LogP contribution in [-0.4, -0.2) is 16.5 Å².